The minimum Gasteiger partial charge on any atom is -0.368 e. The summed E-state index contributed by atoms with van der Waals surface area (Å²) in [6.07, 6.45) is 4.61. The summed E-state index contributed by atoms with van der Waals surface area (Å²) in [5.41, 5.74) is 1.24. The summed E-state index contributed by atoms with van der Waals surface area (Å²) >= 11 is 1.72. The molecule has 1 aliphatic rings. The number of anilines is 1. The lowest BCUT2D eigenvalue weighted by Crippen LogP contribution is -2.49. The standard InChI is InChI=1S/C21H23N3OS/c25-21(17-19(20-9-6-16-26-20)23-10-4-5-11-23)24-14-12-22(13-15-24)18-7-2-1-3-8-18/h1-11,16,19H,12-15,17H2. The molecule has 3 aromatic rings. The van der Waals surface area contributed by atoms with Crippen molar-refractivity contribution in [3.8, 4) is 0 Å². The van der Waals surface area contributed by atoms with Gasteiger partial charge >= 0.3 is 0 Å². The number of hydrogen-bond donors (Lipinski definition) is 0. The lowest BCUT2D eigenvalue weighted by atomic mass is 10.1. The van der Waals surface area contributed by atoms with Crippen molar-refractivity contribution < 1.29 is 4.79 Å². The Morgan fingerprint density at radius 2 is 1.65 bits per heavy atom. The fraction of sp³-hybridized carbons (Fsp3) is 0.286. The van der Waals surface area contributed by atoms with E-state index in [0.717, 1.165) is 26.2 Å². The molecule has 0 N–H and O–H groups in total. The van der Waals surface area contributed by atoms with E-state index in [2.05, 4.69) is 51.2 Å². The lowest BCUT2D eigenvalue weighted by molar-refractivity contribution is -0.132. The van der Waals surface area contributed by atoms with Gasteiger partial charge in [-0.05, 0) is 35.7 Å². The SMILES string of the molecule is O=C(CC(c1cccs1)n1cccc1)N1CCN(c2ccccc2)CC1. The van der Waals surface area contributed by atoms with Crippen LogP contribution in [0.2, 0.25) is 0 Å². The molecule has 134 valence electrons. The van der Waals surface area contributed by atoms with Crippen LogP contribution in [0.3, 0.4) is 0 Å². The number of para-hydroxylation sites is 1. The van der Waals surface area contributed by atoms with Gasteiger partial charge < -0.3 is 14.4 Å². The highest BCUT2D eigenvalue weighted by Crippen LogP contribution is 2.27. The third-order valence-corrected chi connectivity index (χ3v) is 5.95. The Hall–Kier alpha value is -2.53. The second kappa shape index (κ2) is 7.79. The third kappa shape index (κ3) is 3.68. The van der Waals surface area contributed by atoms with Crippen LogP contribution in [0.15, 0.2) is 72.4 Å². The Balaban J connectivity index is 1.40. The molecule has 0 spiro atoms. The Morgan fingerprint density at radius 3 is 2.31 bits per heavy atom. The molecule has 0 saturated carbocycles. The number of amides is 1. The highest BCUT2D eigenvalue weighted by molar-refractivity contribution is 7.10. The second-order valence-electron chi connectivity index (χ2n) is 6.57. The first kappa shape index (κ1) is 16.9. The molecule has 0 radical (unpaired) electrons. The lowest BCUT2D eigenvalue weighted by Gasteiger charge is -2.36. The largest absolute Gasteiger partial charge is 0.368 e. The van der Waals surface area contributed by atoms with E-state index in [1.807, 2.05) is 35.5 Å². The first-order valence-corrected chi connectivity index (χ1v) is 9.93. The minimum atomic E-state index is 0.0876. The van der Waals surface area contributed by atoms with Gasteiger partial charge in [0.1, 0.15) is 0 Å². The smallest absolute Gasteiger partial charge is 0.225 e. The van der Waals surface area contributed by atoms with Crippen molar-refractivity contribution in [2.45, 2.75) is 12.5 Å². The molecule has 5 heteroatoms. The van der Waals surface area contributed by atoms with Crippen LogP contribution in [0.25, 0.3) is 0 Å². The van der Waals surface area contributed by atoms with Gasteiger partial charge in [-0.1, -0.05) is 24.3 Å². The Labute approximate surface area is 158 Å². The van der Waals surface area contributed by atoms with Gasteiger partial charge in [0, 0.05) is 49.1 Å². The zero-order valence-corrected chi connectivity index (χ0v) is 15.5. The van der Waals surface area contributed by atoms with Crippen LogP contribution in [-0.4, -0.2) is 41.6 Å². The van der Waals surface area contributed by atoms with Crippen LogP contribution in [0.1, 0.15) is 17.3 Å². The van der Waals surface area contributed by atoms with Gasteiger partial charge in [-0.15, -0.1) is 11.3 Å². The second-order valence-corrected chi connectivity index (χ2v) is 7.55. The molecule has 1 aliphatic heterocycles. The van der Waals surface area contributed by atoms with E-state index < -0.39 is 0 Å². The number of hydrogen-bond acceptors (Lipinski definition) is 3. The quantitative estimate of drug-likeness (QED) is 0.686. The van der Waals surface area contributed by atoms with Crippen molar-refractivity contribution in [1.29, 1.82) is 0 Å². The van der Waals surface area contributed by atoms with Crippen LogP contribution in [-0.2, 0) is 4.79 Å². The van der Waals surface area contributed by atoms with Crippen molar-refractivity contribution in [1.82, 2.24) is 9.47 Å². The number of benzene rings is 1. The third-order valence-electron chi connectivity index (χ3n) is 4.98. The summed E-state index contributed by atoms with van der Waals surface area (Å²) in [4.78, 5) is 18.5. The maximum atomic E-state index is 12.9. The first-order valence-electron chi connectivity index (χ1n) is 9.05. The summed E-state index contributed by atoms with van der Waals surface area (Å²) < 4.78 is 2.14. The fourth-order valence-corrected chi connectivity index (χ4v) is 4.37. The Morgan fingerprint density at radius 1 is 0.923 bits per heavy atom. The molecule has 0 bridgehead atoms. The molecule has 1 aromatic carbocycles. The van der Waals surface area contributed by atoms with Crippen LogP contribution >= 0.6 is 11.3 Å². The fourth-order valence-electron chi connectivity index (χ4n) is 3.54. The van der Waals surface area contributed by atoms with E-state index >= 15 is 0 Å². The zero-order valence-electron chi connectivity index (χ0n) is 14.7. The van der Waals surface area contributed by atoms with E-state index in [9.17, 15) is 4.79 Å². The van der Waals surface area contributed by atoms with E-state index in [-0.39, 0.29) is 11.9 Å². The van der Waals surface area contributed by atoms with Crippen molar-refractivity contribution in [2.75, 3.05) is 31.1 Å². The van der Waals surface area contributed by atoms with E-state index in [1.54, 1.807) is 11.3 Å². The first-order chi connectivity index (χ1) is 12.8. The summed E-state index contributed by atoms with van der Waals surface area (Å²) in [6, 6.07) is 18.7. The predicted molar refractivity (Wildman–Crippen MR) is 107 cm³/mol. The molecular formula is C21H23N3OS. The maximum absolute atomic E-state index is 12.9. The molecular weight excluding hydrogens is 342 g/mol. The van der Waals surface area contributed by atoms with E-state index in [0.29, 0.717) is 6.42 Å². The molecule has 0 aliphatic carbocycles. The average Bonchev–Trinajstić information content (AvgIpc) is 3.41. The van der Waals surface area contributed by atoms with Crippen molar-refractivity contribution in [3.05, 3.63) is 77.2 Å². The normalized spacial score (nSPS) is 15.8. The van der Waals surface area contributed by atoms with Crippen LogP contribution in [0.5, 0.6) is 0 Å². The molecule has 2 aromatic heterocycles. The number of aromatic nitrogens is 1. The van der Waals surface area contributed by atoms with Gasteiger partial charge in [0.2, 0.25) is 5.91 Å². The molecule has 1 atom stereocenters. The van der Waals surface area contributed by atoms with Gasteiger partial charge in [-0.25, -0.2) is 0 Å². The molecule has 1 saturated heterocycles. The molecule has 4 nitrogen and oxygen atoms in total. The van der Waals surface area contributed by atoms with Gasteiger partial charge in [-0.2, -0.15) is 0 Å². The molecule has 26 heavy (non-hydrogen) atoms. The monoisotopic (exact) mass is 365 g/mol. The summed E-state index contributed by atoms with van der Waals surface area (Å²) in [7, 11) is 0. The molecule has 1 fully saturated rings. The van der Waals surface area contributed by atoms with Gasteiger partial charge in [0.05, 0.1) is 12.5 Å². The number of nitrogens with zero attached hydrogens (tertiary/aromatic N) is 3. The Kier molecular flexibility index (Phi) is 5.07. The highest BCUT2D eigenvalue weighted by Gasteiger charge is 2.25. The highest BCUT2D eigenvalue weighted by atomic mass is 32.1. The Bertz CT molecular complexity index is 772. The molecule has 1 unspecified atom stereocenters. The number of rotatable bonds is 5. The number of piperazine rings is 1. The van der Waals surface area contributed by atoms with Gasteiger partial charge in [-0.3, -0.25) is 4.79 Å². The molecule has 1 amide bonds. The number of thiophene rings is 1. The summed E-state index contributed by atoms with van der Waals surface area (Å²) in [5.74, 6) is 0.241. The van der Waals surface area contributed by atoms with Crippen LogP contribution < -0.4 is 4.90 Å². The maximum Gasteiger partial charge on any atom is 0.225 e. The number of carbonyl (C=O) groups is 1. The predicted octanol–water partition coefficient (Wildman–Crippen LogP) is 3.88. The van der Waals surface area contributed by atoms with Crippen molar-refractivity contribution in [2.24, 2.45) is 0 Å². The summed E-state index contributed by atoms with van der Waals surface area (Å²) in [6.45, 7) is 3.36. The van der Waals surface area contributed by atoms with Crippen LogP contribution in [0, 0.1) is 0 Å². The topological polar surface area (TPSA) is 28.5 Å². The van der Waals surface area contributed by atoms with Crippen LogP contribution in [0.4, 0.5) is 5.69 Å². The van der Waals surface area contributed by atoms with Crippen molar-refractivity contribution >= 4 is 22.9 Å². The van der Waals surface area contributed by atoms with Gasteiger partial charge in [0.25, 0.3) is 0 Å². The van der Waals surface area contributed by atoms with Gasteiger partial charge in [0.15, 0.2) is 0 Å². The van der Waals surface area contributed by atoms with E-state index in [1.165, 1.54) is 10.6 Å². The van der Waals surface area contributed by atoms with E-state index in [4.69, 9.17) is 0 Å². The molecule has 3 heterocycles. The average molecular weight is 366 g/mol. The summed E-state index contributed by atoms with van der Waals surface area (Å²) in [5, 5.41) is 2.08. The molecule has 4 rings (SSSR count). The zero-order chi connectivity index (χ0) is 17.8. The van der Waals surface area contributed by atoms with Crippen molar-refractivity contribution in [3.63, 3.8) is 0 Å². The number of carbonyl (C=O) groups excluding carboxylic acids is 1. The minimum absolute atomic E-state index is 0.0876.